The maximum Gasteiger partial charge on any atom is 0.334 e. The molecule has 1 unspecified atom stereocenters. The normalized spacial score (nSPS) is 31.9. The molecule has 0 bridgehead atoms. The van der Waals surface area contributed by atoms with E-state index in [-0.39, 0.29) is 65.8 Å². The third-order valence-corrected chi connectivity index (χ3v) is 12.3. The van der Waals surface area contributed by atoms with Crippen LogP contribution in [0.3, 0.4) is 0 Å². The Bertz CT molecular complexity index is 1130. The molecule has 47 heavy (non-hydrogen) atoms. The minimum Gasteiger partial charge on any atom is -0.461 e. The predicted octanol–water partition coefficient (Wildman–Crippen LogP) is 6.88. The molecule has 0 N–H and O–H groups in total. The van der Waals surface area contributed by atoms with Gasteiger partial charge in [-0.2, -0.15) is 0 Å². The van der Waals surface area contributed by atoms with Crippen LogP contribution in [0.15, 0.2) is 23.8 Å². The first kappa shape index (κ1) is 40.1. The molecule has 270 valence electrons. The van der Waals surface area contributed by atoms with E-state index < -0.39 is 41.3 Å². The molecule has 1 fully saturated rings. The van der Waals surface area contributed by atoms with Crippen LogP contribution in [0.2, 0.25) is 26.2 Å². The fourth-order valence-corrected chi connectivity index (χ4v) is 10.2. The number of hydrogen-bond acceptors (Lipinski definition) is 8. The molecular formula is C37H66O8Si2. The van der Waals surface area contributed by atoms with E-state index in [1.54, 1.807) is 14.2 Å². The van der Waals surface area contributed by atoms with Gasteiger partial charge < -0.3 is 27.8 Å². The second-order valence-electron chi connectivity index (χ2n) is 17.4. The van der Waals surface area contributed by atoms with Gasteiger partial charge in [0.1, 0.15) is 23.7 Å². The molecule has 1 saturated heterocycles. The molecule has 3 rings (SSSR count). The molecule has 0 spiro atoms. The molecule has 10 heteroatoms. The fraction of sp³-hybridized carbons (Fsp3) is 0.838. The van der Waals surface area contributed by atoms with E-state index in [9.17, 15) is 9.59 Å². The third-order valence-electron chi connectivity index (χ3n) is 10.5. The standard InChI is InChI=1S/C37H66O8Si2/c1-24-15-16-25-19-26(34(2,3)4)20-29(43-33(39)36(8,22-40-9)23-41-10)30(25)37(24,45-47(13)14)18-17-27-21-28(35(5,6)7)31(32(38)42-27)44-46(11)12/h15-16,19,24,26-31,46-47H,17-18,20-23H2,1-14H3/t24-,26+,27+,28-,29-,30+,31?,37-/m0/s1. The van der Waals surface area contributed by atoms with Crippen molar-refractivity contribution in [3.8, 4) is 0 Å². The largest absolute Gasteiger partial charge is 0.461 e. The maximum atomic E-state index is 14.0. The first-order chi connectivity index (χ1) is 21.7. The van der Waals surface area contributed by atoms with Crippen LogP contribution in [0, 0.1) is 39.9 Å². The van der Waals surface area contributed by atoms with Gasteiger partial charge in [0.25, 0.3) is 0 Å². The molecule has 1 aliphatic heterocycles. The molecule has 3 aliphatic rings. The molecular weight excluding hydrogens is 629 g/mol. The van der Waals surface area contributed by atoms with Crippen LogP contribution in [-0.4, -0.2) is 81.4 Å². The lowest BCUT2D eigenvalue weighted by Gasteiger charge is -2.54. The van der Waals surface area contributed by atoms with Crippen molar-refractivity contribution in [2.24, 2.45) is 39.9 Å². The molecule has 0 aromatic rings. The predicted molar refractivity (Wildman–Crippen MR) is 192 cm³/mol. The summed E-state index contributed by atoms with van der Waals surface area (Å²) in [6.07, 6.45) is 8.56. The summed E-state index contributed by atoms with van der Waals surface area (Å²) in [5.41, 5.74) is -0.512. The van der Waals surface area contributed by atoms with Crippen molar-refractivity contribution in [2.75, 3.05) is 27.4 Å². The van der Waals surface area contributed by atoms with Gasteiger partial charge in [-0.3, -0.25) is 4.79 Å². The smallest absolute Gasteiger partial charge is 0.334 e. The average molecular weight is 695 g/mol. The summed E-state index contributed by atoms with van der Waals surface area (Å²) < 4.78 is 37.2. The monoisotopic (exact) mass is 694 g/mol. The first-order valence-corrected chi connectivity index (χ1v) is 23.4. The Labute approximate surface area is 289 Å². The molecule has 0 aromatic carbocycles. The molecule has 8 nitrogen and oxygen atoms in total. The number of rotatable bonds is 13. The van der Waals surface area contributed by atoms with Crippen molar-refractivity contribution in [3.63, 3.8) is 0 Å². The number of carbonyl (C=O) groups is 2. The van der Waals surface area contributed by atoms with Crippen LogP contribution in [0.4, 0.5) is 0 Å². The van der Waals surface area contributed by atoms with Crippen molar-refractivity contribution >= 4 is 30.0 Å². The van der Waals surface area contributed by atoms with Crippen LogP contribution in [0.1, 0.15) is 81.1 Å². The topological polar surface area (TPSA) is 89.5 Å². The van der Waals surface area contributed by atoms with Crippen LogP contribution < -0.4 is 0 Å². The molecule has 0 saturated carbocycles. The summed E-state index contributed by atoms with van der Waals surface area (Å²) in [5.74, 6) is -0.364. The number of fused-ring (bicyclic) bond motifs is 1. The molecule has 8 atom stereocenters. The average Bonchev–Trinajstić information content (AvgIpc) is 2.93. The highest BCUT2D eigenvalue weighted by atomic mass is 28.3. The van der Waals surface area contributed by atoms with Crippen molar-refractivity contribution in [2.45, 2.75) is 131 Å². The van der Waals surface area contributed by atoms with Gasteiger partial charge in [0.2, 0.25) is 0 Å². The zero-order valence-electron chi connectivity index (χ0n) is 31.9. The zero-order valence-corrected chi connectivity index (χ0v) is 34.2. The number of carbonyl (C=O) groups excluding carboxylic acids is 2. The number of hydrogen-bond donors (Lipinski definition) is 0. The van der Waals surface area contributed by atoms with Crippen molar-refractivity contribution in [1.82, 2.24) is 0 Å². The number of esters is 2. The summed E-state index contributed by atoms with van der Waals surface area (Å²) in [5, 5.41) is 0. The van der Waals surface area contributed by atoms with Crippen LogP contribution in [-0.2, 0) is 37.4 Å². The molecule has 2 aliphatic carbocycles. The molecule has 1 heterocycles. The highest BCUT2D eigenvalue weighted by Gasteiger charge is 2.55. The summed E-state index contributed by atoms with van der Waals surface area (Å²) in [7, 11) is 0.139. The highest BCUT2D eigenvalue weighted by Crippen LogP contribution is 2.53. The minimum absolute atomic E-state index is 0.0199. The van der Waals surface area contributed by atoms with E-state index in [1.807, 2.05) is 6.92 Å². The van der Waals surface area contributed by atoms with Gasteiger partial charge in [-0.1, -0.05) is 66.7 Å². The van der Waals surface area contributed by atoms with E-state index in [0.29, 0.717) is 19.3 Å². The van der Waals surface area contributed by atoms with Gasteiger partial charge in [-0.05, 0) is 81.1 Å². The van der Waals surface area contributed by atoms with Crippen LogP contribution >= 0.6 is 0 Å². The van der Waals surface area contributed by atoms with E-state index in [2.05, 4.69) is 92.9 Å². The summed E-state index contributed by atoms with van der Waals surface area (Å²) in [4.78, 5) is 27.5. The fourth-order valence-electron chi connectivity index (χ4n) is 7.99. The van der Waals surface area contributed by atoms with E-state index in [4.69, 9.17) is 27.8 Å². The van der Waals surface area contributed by atoms with Gasteiger partial charge in [0.05, 0.1) is 18.8 Å². The Balaban J connectivity index is 2.05. The lowest BCUT2D eigenvalue weighted by atomic mass is 9.59. The Kier molecular flexibility index (Phi) is 13.4. The Morgan fingerprint density at radius 3 is 2.09 bits per heavy atom. The second-order valence-corrected chi connectivity index (χ2v) is 22.1. The second kappa shape index (κ2) is 15.7. The summed E-state index contributed by atoms with van der Waals surface area (Å²) in [6, 6.07) is 0. The lowest BCUT2D eigenvalue weighted by molar-refractivity contribution is -0.183. The van der Waals surface area contributed by atoms with Crippen molar-refractivity contribution < 1.29 is 37.4 Å². The lowest BCUT2D eigenvalue weighted by Crippen LogP contribution is -2.58. The van der Waals surface area contributed by atoms with Gasteiger partial charge in [0.15, 0.2) is 18.1 Å². The van der Waals surface area contributed by atoms with Crippen molar-refractivity contribution in [3.05, 3.63) is 23.8 Å². The maximum absolute atomic E-state index is 14.0. The third kappa shape index (κ3) is 9.48. The number of methoxy groups -OCH3 is 2. The van der Waals surface area contributed by atoms with Crippen LogP contribution in [0.5, 0.6) is 0 Å². The van der Waals surface area contributed by atoms with E-state index in [0.717, 1.165) is 6.42 Å². The number of ether oxygens (including phenoxy) is 4. The van der Waals surface area contributed by atoms with Gasteiger partial charge in [-0.15, -0.1) is 0 Å². The number of allylic oxidation sites excluding steroid dienone is 2. The molecule has 0 amide bonds. The van der Waals surface area contributed by atoms with Gasteiger partial charge in [-0.25, -0.2) is 4.79 Å². The van der Waals surface area contributed by atoms with E-state index in [1.165, 1.54) is 5.57 Å². The molecule has 0 radical (unpaired) electrons. The minimum atomic E-state index is -1.60. The molecule has 0 aromatic heterocycles. The zero-order chi connectivity index (χ0) is 35.5. The Hall–Kier alpha value is -1.31. The summed E-state index contributed by atoms with van der Waals surface area (Å²) >= 11 is 0. The van der Waals surface area contributed by atoms with Gasteiger partial charge >= 0.3 is 11.9 Å². The number of cyclic esters (lactones) is 1. The first-order valence-electron chi connectivity index (χ1n) is 17.8. The van der Waals surface area contributed by atoms with Gasteiger partial charge in [0, 0.05) is 32.0 Å². The highest BCUT2D eigenvalue weighted by molar-refractivity contribution is 6.48. The Morgan fingerprint density at radius 1 is 0.957 bits per heavy atom. The SMILES string of the molecule is COCC(C)(COC)C(=O)O[C@H]1C[C@H](C(C)(C)C)C=C2C=C[C@H](C)[C@](CC[C@@H]3C[C@H](C(C)(C)C)C(O[SiH](C)C)C(=O)O3)(O[SiH](C)C)[C@H]21. The Morgan fingerprint density at radius 2 is 1.57 bits per heavy atom. The van der Waals surface area contributed by atoms with Crippen molar-refractivity contribution in [1.29, 1.82) is 0 Å². The van der Waals surface area contributed by atoms with E-state index >= 15 is 0 Å². The quantitative estimate of drug-likeness (QED) is 0.152. The summed E-state index contributed by atoms with van der Waals surface area (Å²) in [6.45, 7) is 26.4. The van der Waals surface area contributed by atoms with Crippen LogP contribution in [0.25, 0.3) is 0 Å².